The molecule has 0 amide bonds. The molecule has 0 atom stereocenters. The average molecular weight is 418 g/mol. The van der Waals surface area contributed by atoms with Crippen LogP contribution in [0.15, 0.2) is 51.7 Å². The fourth-order valence-corrected chi connectivity index (χ4v) is 3.26. The fraction of sp³-hybridized carbons (Fsp3) is 0.261. The lowest BCUT2D eigenvalue weighted by molar-refractivity contribution is 0.0378. The van der Waals surface area contributed by atoms with E-state index in [1.54, 1.807) is 38.1 Å². The van der Waals surface area contributed by atoms with Gasteiger partial charge in [-0.1, -0.05) is 12.1 Å². The Kier molecular flexibility index (Phi) is 5.37. The highest BCUT2D eigenvalue weighted by atomic mass is 16.5. The second-order valence-electron chi connectivity index (χ2n) is 7.70. The summed E-state index contributed by atoms with van der Waals surface area (Å²) in [4.78, 5) is 25.6. The van der Waals surface area contributed by atoms with Crippen LogP contribution in [0.2, 0.25) is 0 Å². The van der Waals surface area contributed by atoms with Gasteiger partial charge in [-0.2, -0.15) is 4.80 Å². The van der Waals surface area contributed by atoms with Gasteiger partial charge in [0.1, 0.15) is 5.58 Å². The zero-order valence-electron chi connectivity index (χ0n) is 17.7. The van der Waals surface area contributed by atoms with Gasteiger partial charge in [-0.15, -0.1) is 10.2 Å². The van der Waals surface area contributed by atoms with E-state index in [4.69, 9.17) is 9.15 Å². The number of nitrogens with zero attached hydrogens (tertiary/aromatic N) is 4. The first-order valence-corrected chi connectivity index (χ1v) is 9.93. The third-order valence-corrected chi connectivity index (χ3v) is 4.91. The highest BCUT2D eigenvalue weighted by molar-refractivity contribution is 5.90. The third kappa shape index (κ3) is 4.37. The molecule has 0 spiro atoms. The first-order valence-electron chi connectivity index (χ1n) is 9.93. The van der Waals surface area contributed by atoms with E-state index in [1.807, 2.05) is 26.0 Å². The van der Waals surface area contributed by atoms with Gasteiger partial charge in [-0.3, -0.25) is 0 Å². The molecule has 0 bridgehead atoms. The van der Waals surface area contributed by atoms with Crippen molar-refractivity contribution < 1.29 is 13.9 Å². The molecule has 0 fully saturated rings. The smallest absolute Gasteiger partial charge is 0.338 e. The van der Waals surface area contributed by atoms with Crippen molar-refractivity contribution >= 4 is 16.9 Å². The Bertz CT molecular complexity index is 1340. The zero-order valence-corrected chi connectivity index (χ0v) is 17.7. The zero-order chi connectivity index (χ0) is 22.1. The van der Waals surface area contributed by atoms with Crippen molar-refractivity contribution in [3.63, 3.8) is 0 Å². The lowest BCUT2D eigenvalue weighted by atomic mass is 10.0. The van der Waals surface area contributed by atoms with Gasteiger partial charge < -0.3 is 9.15 Å². The highest BCUT2D eigenvalue weighted by Crippen LogP contribution is 2.22. The number of rotatable bonds is 5. The van der Waals surface area contributed by atoms with Gasteiger partial charge in [0.05, 0.1) is 18.2 Å². The molecule has 0 N–H and O–H groups in total. The van der Waals surface area contributed by atoms with Crippen LogP contribution in [-0.2, 0) is 11.3 Å². The van der Waals surface area contributed by atoms with Crippen LogP contribution in [0.5, 0.6) is 0 Å². The Morgan fingerprint density at radius 3 is 2.68 bits per heavy atom. The van der Waals surface area contributed by atoms with Crippen LogP contribution in [0.1, 0.15) is 40.9 Å². The van der Waals surface area contributed by atoms with Crippen LogP contribution < -0.4 is 5.63 Å². The van der Waals surface area contributed by atoms with Gasteiger partial charge in [0.2, 0.25) is 5.82 Å². The molecule has 0 radical (unpaired) electrons. The molecule has 4 rings (SSSR count). The molecular weight excluding hydrogens is 396 g/mol. The Morgan fingerprint density at radius 1 is 1.13 bits per heavy atom. The van der Waals surface area contributed by atoms with Crippen molar-refractivity contribution in [2.24, 2.45) is 0 Å². The molecule has 2 aromatic heterocycles. The molecule has 0 unspecified atom stereocenters. The van der Waals surface area contributed by atoms with Crippen LogP contribution in [0.25, 0.3) is 22.4 Å². The number of carbonyl (C=O) groups excluding carboxylic acids is 1. The number of hydrogen-bond acceptors (Lipinski definition) is 7. The Hall–Kier alpha value is -3.81. The van der Waals surface area contributed by atoms with Crippen molar-refractivity contribution in [3.05, 3.63) is 75.1 Å². The van der Waals surface area contributed by atoms with Crippen molar-refractivity contribution in [3.8, 4) is 11.4 Å². The van der Waals surface area contributed by atoms with Crippen LogP contribution in [0.3, 0.4) is 0 Å². The quantitative estimate of drug-likeness (QED) is 0.360. The number of hydrogen-bond donors (Lipinski definition) is 0. The summed E-state index contributed by atoms with van der Waals surface area (Å²) in [6.45, 7) is 7.83. The maximum atomic E-state index is 12.2. The molecule has 2 aromatic carbocycles. The van der Waals surface area contributed by atoms with Crippen LogP contribution >= 0.6 is 0 Å². The number of benzene rings is 2. The maximum Gasteiger partial charge on any atom is 0.338 e. The second kappa shape index (κ2) is 8.14. The van der Waals surface area contributed by atoms with Crippen molar-refractivity contribution in [2.45, 2.75) is 40.3 Å². The van der Waals surface area contributed by atoms with E-state index in [9.17, 15) is 9.59 Å². The van der Waals surface area contributed by atoms with Gasteiger partial charge in [0, 0.05) is 17.0 Å². The van der Waals surface area contributed by atoms with E-state index in [0.29, 0.717) is 22.5 Å². The van der Waals surface area contributed by atoms with Crippen molar-refractivity contribution in [1.82, 2.24) is 20.2 Å². The largest absolute Gasteiger partial charge is 0.459 e. The van der Waals surface area contributed by atoms with E-state index in [2.05, 4.69) is 15.4 Å². The molecule has 8 nitrogen and oxygen atoms in total. The van der Waals surface area contributed by atoms with E-state index in [1.165, 1.54) is 10.9 Å². The van der Waals surface area contributed by atoms with Gasteiger partial charge in [-0.05, 0) is 73.9 Å². The van der Waals surface area contributed by atoms with E-state index >= 15 is 0 Å². The minimum atomic E-state index is -0.428. The SMILES string of the molecule is Cc1cc2oc(=O)cc(Cn3nnc(-c4cccc(C(=O)OC(C)C)c4)n3)c2cc1C. The average Bonchev–Trinajstić information content (AvgIpc) is 3.17. The van der Waals surface area contributed by atoms with Gasteiger partial charge in [0.25, 0.3) is 0 Å². The molecular formula is C23H22N4O4. The summed E-state index contributed by atoms with van der Waals surface area (Å²) in [5, 5.41) is 13.5. The Labute approximate surface area is 178 Å². The van der Waals surface area contributed by atoms with Crippen LogP contribution in [0, 0.1) is 13.8 Å². The Balaban J connectivity index is 1.64. The van der Waals surface area contributed by atoms with Crippen molar-refractivity contribution in [1.29, 1.82) is 0 Å². The third-order valence-electron chi connectivity index (χ3n) is 4.91. The number of aromatic nitrogens is 4. The standard InChI is InChI=1S/C23H22N4O4/c1-13(2)30-23(29)17-7-5-6-16(10-17)22-24-26-27(25-22)12-18-11-21(28)31-20-9-15(4)14(3)8-19(18)20/h5-11,13H,12H2,1-4H3. The number of tetrazole rings is 1. The summed E-state index contributed by atoms with van der Waals surface area (Å²) < 4.78 is 10.6. The number of carbonyl (C=O) groups is 1. The van der Waals surface area contributed by atoms with Gasteiger partial charge >= 0.3 is 11.6 Å². The highest BCUT2D eigenvalue weighted by Gasteiger charge is 2.14. The molecule has 0 saturated heterocycles. The van der Waals surface area contributed by atoms with Crippen LogP contribution in [-0.4, -0.2) is 32.3 Å². The monoisotopic (exact) mass is 418 g/mol. The molecule has 0 saturated carbocycles. The molecule has 8 heteroatoms. The predicted molar refractivity (Wildman–Crippen MR) is 115 cm³/mol. The summed E-state index contributed by atoms with van der Waals surface area (Å²) in [5.74, 6) is -0.0316. The molecule has 0 aliphatic heterocycles. The molecule has 2 heterocycles. The topological polar surface area (TPSA) is 100 Å². The van der Waals surface area contributed by atoms with Crippen LogP contribution in [0.4, 0.5) is 0 Å². The van der Waals surface area contributed by atoms with E-state index in [0.717, 1.165) is 22.1 Å². The minimum Gasteiger partial charge on any atom is -0.459 e. The van der Waals surface area contributed by atoms with E-state index < -0.39 is 11.6 Å². The summed E-state index contributed by atoms with van der Waals surface area (Å²) in [6.07, 6.45) is -0.207. The lowest BCUT2D eigenvalue weighted by Crippen LogP contribution is -2.11. The number of esters is 1. The summed E-state index contributed by atoms with van der Waals surface area (Å²) in [7, 11) is 0. The number of fused-ring (bicyclic) bond motifs is 1. The lowest BCUT2D eigenvalue weighted by Gasteiger charge is -2.08. The summed E-state index contributed by atoms with van der Waals surface area (Å²) >= 11 is 0. The van der Waals surface area contributed by atoms with Gasteiger partial charge in [0.15, 0.2) is 0 Å². The normalized spacial score (nSPS) is 11.3. The van der Waals surface area contributed by atoms with Crippen molar-refractivity contribution in [2.75, 3.05) is 0 Å². The van der Waals surface area contributed by atoms with E-state index in [-0.39, 0.29) is 12.6 Å². The fourth-order valence-electron chi connectivity index (χ4n) is 3.26. The first-order chi connectivity index (χ1) is 14.8. The molecule has 158 valence electrons. The maximum absolute atomic E-state index is 12.2. The van der Waals surface area contributed by atoms with Gasteiger partial charge in [-0.25, -0.2) is 9.59 Å². The minimum absolute atomic E-state index is 0.207. The molecule has 0 aliphatic carbocycles. The Morgan fingerprint density at radius 2 is 1.90 bits per heavy atom. The summed E-state index contributed by atoms with van der Waals surface area (Å²) in [6, 6.07) is 12.2. The predicted octanol–water partition coefficient (Wildman–Crippen LogP) is 3.68. The molecule has 31 heavy (non-hydrogen) atoms. The summed E-state index contributed by atoms with van der Waals surface area (Å²) in [5.41, 5.74) is 4.05. The number of ether oxygens (including phenoxy) is 1. The first kappa shape index (κ1) is 20.5. The number of aryl methyl sites for hydroxylation is 2. The molecule has 4 aromatic rings. The molecule has 0 aliphatic rings. The second-order valence-corrected chi connectivity index (χ2v) is 7.70.